The Morgan fingerprint density at radius 1 is 0.588 bits per heavy atom. The third-order valence-electron chi connectivity index (χ3n) is 4.20. The van der Waals surface area contributed by atoms with Crippen molar-refractivity contribution in [3.8, 4) is 22.6 Å². The zero-order chi connectivity index (χ0) is 25.1. The summed E-state index contributed by atoms with van der Waals surface area (Å²) >= 11 is 0. The van der Waals surface area contributed by atoms with Crippen LogP contribution >= 0.6 is 0 Å². The minimum absolute atomic E-state index is 0.140. The standard InChI is InChI=1S/C10H8N2.2C7H7NO3/c1-5-11-6-2-9(1)10-3-7-12-8-4-10;2*8-4-1-2-5(7(10)11)6(9)3-4/h1-8H;2*1-3,9H,8H2,(H,10,11). The predicted octanol–water partition coefficient (Wildman–Crippen LogP) is 3.49. The Morgan fingerprint density at radius 2 is 0.912 bits per heavy atom. The van der Waals surface area contributed by atoms with Crippen molar-refractivity contribution in [3.63, 3.8) is 0 Å². The summed E-state index contributed by atoms with van der Waals surface area (Å²) in [6.07, 6.45) is 7.15. The maximum absolute atomic E-state index is 10.3. The van der Waals surface area contributed by atoms with Gasteiger partial charge in [-0.15, -0.1) is 0 Å². The Bertz CT molecular complexity index is 1150. The normalized spacial score (nSPS) is 9.53. The molecule has 10 heteroatoms. The molecule has 2 heterocycles. The van der Waals surface area contributed by atoms with Gasteiger partial charge in [0.2, 0.25) is 0 Å². The van der Waals surface area contributed by atoms with Gasteiger partial charge in [-0.1, -0.05) is 0 Å². The van der Waals surface area contributed by atoms with Crippen molar-refractivity contribution < 1.29 is 30.0 Å². The molecule has 4 rings (SSSR count). The van der Waals surface area contributed by atoms with E-state index in [4.69, 9.17) is 31.9 Å². The molecular formula is C24H22N4O6. The van der Waals surface area contributed by atoms with Gasteiger partial charge in [0.05, 0.1) is 0 Å². The second-order valence-corrected chi connectivity index (χ2v) is 6.64. The summed E-state index contributed by atoms with van der Waals surface area (Å²) in [4.78, 5) is 28.6. The number of phenols is 2. The molecule has 2 aromatic carbocycles. The van der Waals surface area contributed by atoms with Gasteiger partial charge in [0.25, 0.3) is 0 Å². The molecule has 0 aliphatic rings. The van der Waals surface area contributed by atoms with Gasteiger partial charge >= 0.3 is 11.9 Å². The molecule has 34 heavy (non-hydrogen) atoms. The van der Waals surface area contributed by atoms with E-state index in [-0.39, 0.29) is 22.6 Å². The monoisotopic (exact) mass is 462 g/mol. The van der Waals surface area contributed by atoms with E-state index < -0.39 is 11.9 Å². The van der Waals surface area contributed by atoms with Crippen LogP contribution in [0.3, 0.4) is 0 Å². The molecule has 0 amide bonds. The minimum atomic E-state index is -1.16. The fourth-order valence-electron chi connectivity index (χ4n) is 2.55. The molecule has 0 aliphatic heterocycles. The van der Waals surface area contributed by atoms with E-state index in [0.717, 1.165) is 0 Å². The summed E-state index contributed by atoms with van der Waals surface area (Å²) in [5, 5.41) is 34.9. The lowest BCUT2D eigenvalue weighted by Crippen LogP contribution is -1.97. The summed E-state index contributed by atoms with van der Waals surface area (Å²) in [6.45, 7) is 0. The zero-order valence-corrected chi connectivity index (χ0v) is 17.7. The molecular weight excluding hydrogens is 440 g/mol. The molecule has 2 aromatic heterocycles. The molecule has 0 saturated heterocycles. The number of carboxylic acids is 2. The number of aromatic hydroxyl groups is 2. The Balaban J connectivity index is 0.000000181. The van der Waals surface area contributed by atoms with Gasteiger partial charge in [0.1, 0.15) is 22.6 Å². The molecule has 8 N–H and O–H groups in total. The number of carboxylic acid groups (broad SMARTS) is 2. The van der Waals surface area contributed by atoms with Gasteiger partial charge in [0.15, 0.2) is 0 Å². The number of aromatic carboxylic acids is 2. The second-order valence-electron chi connectivity index (χ2n) is 6.64. The molecule has 0 bridgehead atoms. The van der Waals surface area contributed by atoms with Crippen molar-refractivity contribution in [1.82, 2.24) is 9.97 Å². The molecule has 0 spiro atoms. The quantitative estimate of drug-likeness (QED) is 0.245. The molecule has 0 radical (unpaired) electrons. The van der Waals surface area contributed by atoms with Crippen molar-refractivity contribution in [2.75, 3.05) is 11.5 Å². The van der Waals surface area contributed by atoms with E-state index in [1.165, 1.54) is 47.5 Å². The van der Waals surface area contributed by atoms with Crippen LogP contribution in [0, 0.1) is 0 Å². The summed E-state index contributed by atoms with van der Waals surface area (Å²) in [5.74, 6) is -2.94. The van der Waals surface area contributed by atoms with Crippen molar-refractivity contribution in [1.29, 1.82) is 0 Å². The Labute approximate surface area is 194 Å². The fraction of sp³-hybridized carbons (Fsp3) is 0. The van der Waals surface area contributed by atoms with E-state index in [9.17, 15) is 9.59 Å². The number of aromatic nitrogens is 2. The average Bonchev–Trinajstić information content (AvgIpc) is 2.80. The van der Waals surface area contributed by atoms with Crippen LogP contribution < -0.4 is 11.5 Å². The number of rotatable bonds is 3. The first-order chi connectivity index (χ1) is 16.2. The molecule has 174 valence electrons. The Morgan fingerprint density at radius 3 is 1.18 bits per heavy atom. The summed E-state index contributed by atoms with van der Waals surface area (Å²) in [7, 11) is 0. The molecule has 10 nitrogen and oxygen atoms in total. The van der Waals surface area contributed by atoms with Crippen molar-refractivity contribution in [2.45, 2.75) is 0 Å². The lowest BCUT2D eigenvalue weighted by molar-refractivity contribution is 0.0682. The van der Waals surface area contributed by atoms with Crippen LogP contribution in [0.15, 0.2) is 85.5 Å². The smallest absolute Gasteiger partial charge is 0.339 e. The largest absolute Gasteiger partial charge is 0.507 e. The number of hydrogen-bond acceptors (Lipinski definition) is 8. The molecule has 0 unspecified atom stereocenters. The number of anilines is 2. The molecule has 0 saturated carbocycles. The van der Waals surface area contributed by atoms with Crippen LogP contribution in [-0.4, -0.2) is 42.3 Å². The number of nitrogens with two attached hydrogens (primary N) is 2. The van der Waals surface area contributed by atoms with Gasteiger partial charge < -0.3 is 31.9 Å². The topological polar surface area (TPSA) is 193 Å². The second kappa shape index (κ2) is 12.1. The van der Waals surface area contributed by atoms with E-state index in [2.05, 4.69) is 9.97 Å². The van der Waals surface area contributed by atoms with Gasteiger partial charge in [-0.3, -0.25) is 9.97 Å². The van der Waals surface area contributed by atoms with Crippen molar-refractivity contribution in [3.05, 3.63) is 96.6 Å². The molecule has 0 fully saturated rings. The van der Waals surface area contributed by atoms with Crippen LogP contribution in [-0.2, 0) is 0 Å². The first-order valence-electron chi connectivity index (χ1n) is 9.63. The predicted molar refractivity (Wildman–Crippen MR) is 126 cm³/mol. The van der Waals surface area contributed by atoms with Gasteiger partial charge in [-0.05, 0) is 59.7 Å². The van der Waals surface area contributed by atoms with Crippen LogP contribution in [0.5, 0.6) is 11.5 Å². The van der Waals surface area contributed by atoms with Gasteiger partial charge in [-0.2, -0.15) is 0 Å². The lowest BCUT2D eigenvalue weighted by atomic mass is 10.1. The number of nitrogens with zero attached hydrogens (tertiary/aromatic N) is 2. The number of carbonyl (C=O) groups is 2. The molecule has 0 aliphatic carbocycles. The van der Waals surface area contributed by atoms with Crippen molar-refractivity contribution in [2.24, 2.45) is 0 Å². The van der Waals surface area contributed by atoms with Gasteiger partial charge in [-0.25, -0.2) is 9.59 Å². The third kappa shape index (κ3) is 7.54. The summed E-state index contributed by atoms with van der Waals surface area (Å²) in [5.41, 5.74) is 13.3. The Hall–Kier alpha value is -5.12. The number of nitrogen functional groups attached to an aromatic ring is 2. The maximum atomic E-state index is 10.3. The number of benzene rings is 2. The fourth-order valence-corrected chi connectivity index (χ4v) is 2.55. The Kier molecular flexibility index (Phi) is 8.91. The zero-order valence-electron chi connectivity index (χ0n) is 17.7. The first kappa shape index (κ1) is 25.1. The van der Waals surface area contributed by atoms with Crippen LogP contribution in [0.25, 0.3) is 11.1 Å². The minimum Gasteiger partial charge on any atom is -0.507 e. The van der Waals surface area contributed by atoms with Crippen LogP contribution in [0.2, 0.25) is 0 Å². The molecule has 4 aromatic rings. The van der Waals surface area contributed by atoms with Crippen LogP contribution in [0.1, 0.15) is 20.7 Å². The summed E-state index contributed by atoms with van der Waals surface area (Å²) in [6, 6.07) is 15.7. The average molecular weight is 462 g/mol. The van der Waals surface area contributed by atoms with E-state index >= 15 is 0 Å². The van der Waals surface area contributed by atoms with E-state index in [1.807, 2.05) is 24.3 Å². The highest BCUT2D eigenvalue weighted by Gasteiger charge is 2.08. The van der Waals surface area contributed by atoms with Gasteiger partial charge in [0, 0.05) is 48.3 Å². The lowest BCUT2D eigenvalue weighted by Gasteiger charge is -1.98. The third-order valence-corrected chi connectivity index (χ3v) is 4.20. The van der Waals surface area contributed by atoms with Crippen LogP contribution in [0.4, 0.5) is 11.4 Å². The highest BCUT2D eigenvalue weighted by molar-refractivity contribution is 5.91. The highest BCUT2D eigenvalue weighted by atomic mass is 16.4. The SMILES string of the molecule is Nc1ccc(C(=O)O)c(O)c1.Nc1ccc(C(=O)O)c(O)c1.c1cc(-c2ccncc2)ccn1. The number of pyridine rings is 2. The van der Waals surface area contributed by atoms with Crippen molar-refractivity contribution >= 4 is 23.3 Å². The van der Waals surface area contributed by atoms with E-state index in [0.29, 0.717) is 11.4 Å². The number of hydrogen-bond donors (Lipinski definition) is 6. The maximum Gasteiger partial charge on any atom is 0.339 e. The summed E-state index contributed by atoms with van der Waals surface area (Å²) < 4.78 is 0. The highest BCUT2D eigenvalue weighted by Crippen LogP contribution is 2.20. The van der Waals surface area contributed by atoms with E-state index in [1.54, 1.807) is 24.8 Å². The first-order valence-corrected chi connectivity index (χ1v) is 9.63. The molecule has 0 atom stereocenters.